The Bertz CT molecular complexity index is 1360. The van der Waals surface area contributed by atoms with Gasteiger partial charge in [-0.15, -0.1) is 0 Å². The number of ether oxygens (including phenoxy) is 3. The number of benzene rings is 2. The van der Waals surface area contributed by atoms with Gasteiger partial charge < -0.3 is 35.7 Å². The summed E-state index contributed by atoms with van der Waals surface area (Å²) in [6, 6.07) is 9.09. The minimum absolute atomic E-state index is 0.0388. The zero-order chi connectivity index (χ0) is 29.2. The lowest BCUT2D eigenvalue weighted by atomic mass is 9.97. The molecule has 1 heterocycles. The predicted octanol–water partition coefficient (Wildman–Crippen LogP) is 4.33. The van der Waals surface area contributed by atoms with Gasteiger partial charge in [0.05, 0.1) is 12.8 Å². The van der Waals surface area contributed by atoms with Crippen molar-refractivity contribution in [2.24, 2.45) is 16.6 Å². The third-order valence-electron chi connectivity index (χ3n) is 7.54. The molecule has 0 spiro atoms. The molecule has 0 aromatic heterocycles. The number of nitrogens with zero attached hydrogens (tertiary/aromatic N) is 1. The number of guanidine groups is 1. The highest BCUT2D eigenvalue weighted by Gasteiger charge is 2.41. The van der Waals surface area contributed by atoms with E-state index in [1.54, 1.807) is 31.3 Å². The Morgan fingerprint density at radius 3 is 2.93 bits per heavy atom. The van der Waals surface area contributed by atoms with Crippen LogP contribution in [-0.4, -0.2) is 50.2 Å². The highest BCUT2D eigenvalue weighted by molar-refractivity contribution is 5.94. The molecular formula is C32H40N4O5. The monoisotopic (exact) mass is 560 g/mol. The van der Waals surface area contributed by atoms with E-state index in [0.717, 1.165) is 43.4 Å². The molecule has 2 aromatic carbocycles. The Morgan fingerprint density at radius 1 is 1.29 bits per heavy atom. The molecule has 1 aliphatic heterocycles. The number of hydrogen-bond acceptors (Lipinski definition) is 7. The van der Waals surface area contributed by atoms with Crippen molar-refractivity contribution in [3.8, 4) is 35.0 Å². The van der Waals surface area contributed by atoms with E-state index in [0.29, 0.717) is 54.5 Å². The molecule has 5 N–H and O–H groups in total. The molecule has 0 saturated heterocycles. The number of rotatable bonds is 11. The summed E-state index contributed by atoms with van der Waals surface area (Å²) in [6.07, 6.45) is 12.4. The highest BCUT2D eigenvalue weighted by Crippen LogP contribution is 2.45. The lowest BCUT2D eigenvalue weighted by molar-refractivity contribution is -0.114. The summed E-state index contributed by atoms with van der Waals surface area (Å²) in [7, 11) is 5.06. The number of aromatic hydroxyl groups is 1. The summed E-state index contributed by atoms with van der Waals surface area (Å²) in [5.41, 5.74) is 8.25. The molecule has 2 bridgehead atoms. The lowest BCUT2D eigenvalue weighted by Gasteiger charge is -2.32. The summed E-state index contributed by atoms with van der Waals surface area (Å²) in [6.45, 7) is 0.726. The molecule has 4 rings (SSSR count). The van der Waals surface area contributed by atoms with Crippen LogP contribution in [0.25, 0.3) is 0 Å². The number of carbonyl (C=O) groups excluding carboxylic acids is 1. The maximum Gasteiger partial charge on any atom is 0.205 e. The lowest BCUT2D eigenvalue weighted by Crippen LogP contribution is -2.43. The van der Waals surface area contributed by atoms with Gasteiger partial charge in [0.25, 0.3) is 0 Å². The van der Waals surface area contributed by atoms with Crippen LogP contribution in [0.4, 0.5) is 5.69 Å². The molecule has 0 unspecified atom stereocenters. The fourth-order valence-corrected chi connectivity index (χ4v) is 5.45. The van der Waals surface area contributed by atoms with E-state index in [9.17, 15) is 9.90 Å². The number of aryl methyl sites for hydroxylation is 2. The van der Waals surface area contributed by atoms with Gasteiger partial charge in [-0.1, -0.05) is 18.1 Å². The molecular weight excluding hydrogens is 520 g/mol. The Labute approximate surface area is 242 Å². The smallest absolute Gasteiger partial charge is 0.205 e. The number of ketones is 1. The summed E-state index contributed by atoms with van der Waals surface area (Å²) in [5, 5.41) is 16.2. The van der Waals surface area contributed by atoms with E-state index in [1.165, 1.54) is 7.11 Å². The Hall–Kier alpha value is -4.16. The fourth-order valence-electron chi connectivity index (χ4n) is 5.45. The third-order valence-corrected chi connectivity index (χ3v) is 7.54. The van der Waals surface area contributed by atoms with Crippen LogP contribution < -0.4 is 30.6 Å². The number of phenols is 1. The predicted molar refractivity (Wildman–Crippen MR) is 161 cm³/mol. The van der Waals surface area contributed by atoms with Crippen molar-refractivity contribution in [1.82, 2.24) is 5.32 Å². The zero-order valence-electron chi connectivity index (χ0n) is 24.1. The van der Waals surface area contributed by atoms with Crippen LogP contribution in [-0.2, 0) is 17.6 Å². The molecule has 1 fully saturated rings. The number of fused-ring (bicyclic) bond motifs is 3. The molecule has 41 heavy (non-hydrogen) atoms. The van der Waals surface area contributed by atoms with Crippen LogP contribution in [0.3, 0.4) is 0 Å². The van der Waals surface area contributed by atoms with Crippen LogP contribution >= 0.6 is 0 Å². The van der Waals surface area contributed by atoms with Gasteiger partial charge in [-0.25, -0.2) is 0 Å². The van der Waals surface area contributed by atoms with Crippen LogP contribution in [0.5, 0.6) is 23.0 Å². The highest BCUT2D eigenvalue weighted by atomic mass is 16.5. The number of carbonyl (C=O) groups is 1. The topological polar surface area (TPSA) is 127 Å². The first kappa shape index (κ1) is 29.8. The standard InChI is InChI=1S/C32H40N4O5/c1-34-21-32-15-14-23(20-32)8-6-16-40-30-26(36-31(33)35-2)17-24(19-29(30)41-32)7-4-5-9-25(37)12-10-22-11-13-27(38)28(18-22)39-3/h5,9,11,13,17-19,23,34,38H,4,7-8,10,12,14-15,20-21H2,1-3H3,(H3,33,35,36)/t23-,32+/m0/s1. The average molecular weight is 561 g/mol. The van der Waals surface area contributed by atoms with Crippen molar-refractivity contribution in [1.29, 1.82) is 0 Å². The minimum Gasteiger partial charge on any atom is -0.504 e. The van der Waals surface area contributed by atoms with Gasteiger partial charge >= 0.3 is 0 Å². The van der Waals surface area contributed by atoms with Crippen LogP contribution in [0.1, 0.15) is 49.7 Å². The van der Waals surface area contributed by atoms with Gasteiger partial charge in [-0.3, -0.25) is 9.79 Å². The van der Waals surface area contributed by atoms with Crippen molar-refractivity contribution < 1.29 is 24.1 Å². The van der Waals surface area contributed by atoms with Gasteiger partial charge in [-0.2, -0.15) is 0 Å². The second-order valence-electron chi connectivity index (χ2n) is 10.6. The second kappa shape index (κ2) is 14.0. The quantitative estimate of drug-likeness (QED) is 0.138. The summed E-state index contributed by atoms with van der Waals surface area (Å²) >= 11 is 0. The largest absolute Gasteiger partial charge is 0.504 e. The number of hydrogen-bond donors (Lipinski definition) is 4. The van der Waals surface area contributed by atoms with Gasteiger partial charge in [-0.05, 0) is 93.0 Å². The number of anilines is 1. The third kappa shape index (κ3) is 7.95. The molecule has 218 valence electrons. The first-order chi connectivity index (χ1) is 19.8. The molecule has 0 amide bonds. The van der Waals surface area contributed by atoms with E-state index < -0.39 is 0 Å². The number of nitrogens with one attached hydrogen (secondary N) is 2. The summed E-state index contributed by atoms with van der Waals surface area (Å²) < 4.78 is 17.8. The van der Waals surface area contributed by atoms with Gasteiger partial charge in [0.15, 0.2) is 29.0 Å². The van der Waals surface area contributed by atoms with Crippen molar-refractivity contribution in [2.45, 2.75) is 57.0 Å². The molecule has 2 aromatic rings. The van der Waals surface area contributed by atoms with Gasteiger partial charge in [0, 0.05) is 26.4 Å². The number of nitrogens with two attached hydrogens (primary N) is 1. The first-order valence-corrected chi connectivity index (χ1v) is 14.0. The maximum absolute atomic E-state index is 12.5. The molecule has 0 radical (unpaired) electrons. The molecule has 9 nitrogen and oxygen atoms in total. The first-order valence-electron chi connectivity index (χ1n) is 14.0. The number of likely N-dealkylation sites (N-methyl/N-ethyl adjacent to an activating group) is 1. The summed E-state index contributed by atoms with van der Waals surface area (Å²) in [4.78, 5) is 16.5. The van der Waals surface area contributed by atoms with Gasteiger partial charge in [0.1, 0.15) is 11.7 Å². The van der Waals surface area contributed by atoms with E-state index in [1.807, 2.05) is 25.3 Å². The Morgan fingerprint density at radius 2 is 2.15 bits per heavy atom. The zero-order valence-corrected chi connectivity index (χ0v) is 24.1. The molecule has 1 aliphatic carbocycles. The Balaban J connectivity index is 1.48. The molecule has 2 atom stereocenters. The Kier molecular flexibility index (Phi) is 10.1. The van der Waals surface area contributed by atoms with Crippen molar-refractivity contribution >= 4 is 17.4 Å². The van der Waals surface area contributed by atoms with Crippen molar-refractivity contribution in [2.75, 3.05) is 33.1 Å². The van der Waals surface area contributed by atoms with E-state index in [4.69, 9.17) is 19.9 Å². The fraction of sp³-hybridized carbons (Fsp3) is 0.438. The van der Waals surface area contributed by atoms with Crippen LogP contribution in [0, 0.1) is 17.9 Å². The second-order valence-corrected chi connectivity index (χ2v) is 10.6. The van der Waals surface area contributed by atoms with Crippen molar-refractivity contribution in [3.63, 3.8) is 0 Å². The van der Waals surface area contributed by atoms with Crippen molar-refractivity contribution in [3.05, 3.63) is 53.6 Å². The molecule has 1 saturated carbocycles. The number of phenolic OH excluding ortho intramolecular Hbond substituents is 1. The van der Waals surface area contributed by atoms with E-state index >= 15 is 0 Å². The van der Waals surface area contributed by atoms with Crippen LogP contribution in [0.15, 0.2) is 47.5 Å². The average Bonchev–Trinajstić information content (AvgIpc) is 3.35. The van der Waals surface area contributed by atoms with Gasteiger partial charge in [0.2, 0.25) is 5.75 Å². The van der Waals surface area contributed by atoms with Crippen LogP contribution in [0.2, 0.25) is 0 Å². The SMILES string of the molecule is CN=C(N)Nc1cc(CCC=CC(=O)CCc2ccc(O)c(OC)c2)cc2c1OC#CC[C@H]1CC[C@](CNC)(C1)O2. The normalized spacial score (nSPS) is 19.9. The maximum atomic E-state index is 12.5. The number of methoxy groups -OCH3 is 1. The van der Waals surface area contributed by atoms with E-state index in [2.05, 4.69) is 27.7 Å². The summed E-state index contributed by atoms with van der Waals surface area (Å²) in [5.74, 6) is 5.53. The number of aliphatic imine (C=N–C) groups is 1. The van der Waals surface area contributed by atoms with E-state index in [-0.39, 0.29) is 23.1 Å². The molecule has 9 heteroatoms. The number of allylic oxidation sites excluding steroid dienone is 2. The molecule has 2 aliphatic rings. The minimum atomic E-state index is -0.343.